The van der Waals surface area contributed by atoms with Crippen LogP contribution in [0, 0.1) is 13.8 Å². The molecule has 1 amide bonds. The Bertz CT molecular complexity index is 910. The first-order valence-corrected chi connectivity index (χ1v) is 8.12. The number of nitrogens with zero attached hydrogens (tertiary/aromatic N) is 2. The minimum atomic E-state index is -0.303. The number of nitrogens with one attached hydrogen (secondary N) is 2. The van der Waals surface area contributed by atoms with Crippen LogP contribution in [0.15, 0.2) is 54.9 Å². The van der Waals surface area contributed by atoms with Gasteiger partial charge in [0.15, 0.2) is 0 Å². The molecule has 6 heteroatoms. The quantitative estimate of drug-likeness (QED) is 0.711. The molecule has 5 nitrogen and oxygen atoms in total. The van der Waals surface area contributed by atoms with Crippen LogP contribution in [0.25, 0.3) is 0 Å². The van der Waals surface area contributed by atoms with Gasteiger partial charge >= 0.3 is 0 Å². The van der Waals surface area contributed by atoms with Gasteiger partial charge in [-0.3, -0.25) is 4.79 Å². The lowest BCUT2D eigenvalue weighted by Crippen LogP contribution is -2.14. The normalized spacial score (nSPS) is 10.4. The van der Waals surface area contributed by atoms with Gasteiger partial charge in [0.25, 0.3) is 5.91 Å². The summed E-state index contributed by atoms with van der Waals surface area (Å²) in [6, 6.07) is 13.2. The van der Waals surface area contributed by atoms with Gasteiger partial charge in [0.1, 0.15) is 11.5 Å². The average molecular weight is 353 g/mol. The first kappa shape index (κ1) is 16.9. The van der Waals surface area contributed by atoms with Crippen molar-refractivity contribution in [2.45, 2.75) is 13.8 Å². The van der Waals surface area contributed by atoms with Crippen molar-refractivity contribution < 1.29 is 4.79 Å². The molecule has 1 aromatic heterocycles. The Morgan fingerprint density at radius 1 is 1.00 bits per heavy atom. The molecular weight excluding hydrogens is 336 g/mol. The summed E-state index contributed by atoms with van der Waals surface area (Å²) in [5.41, 5.74) is 3.85. The van der Waals surface area contributed by atoms with Gasteiger partial charge < -0.3 is 10.6 Å². The molecule has 0 spiro atoms. The number of halogens is 1. The van der Waals surface area contributed by atoms with E-state index in [1.807, 2.05) is 56.3 Å². The molecule has 126 valence electrons. The summed E-state index contributed by atoms with van der Waals surface area (Å²) in [5, 5.41) is 6.58. The molecule has 0 radical (unpaired) electrons. The molecule has 0 aliphatic carbocycles. The van der Waals surface area contributed by atoms with E-state index in [4.69, 9.17) is 11.6 Å². The van der Waals surface area contributed by atoms with Crippen LogP contribution >= 0.6 is 11.6 Å². The predicted molar refractivity (Wildman–Crippen MR) is 101 cm³/mol. The van der Waals surface area contributed by atoms with Crippen LogP contribution in [-0.2, 0) is 0 Å². The Labute approximate surface area is 151 Å². The summed E-state index contributed by atoms with van der Waals surface area (Å²) in [6.45, 7) is 3.90. The number of aryl methyl sites for hydroxylation is 2. The van der Waals surface area contributed by atoms with Crippen molar-refractivity contribution in [3.8, 4) is 0 Å². The zero-order valence-corrected chi connectivity index (χ0v) is 14.6. The Morgan fingerprint density at radius 2 is 1.84 bits per heavy atom. The number of aromatic nitrogens is 2. The Hall–Kier alpha value is -2.92. The van der Waals surface area contributed by atoms with Crippen molar-refractivity contribution in [3.63, 3.8) is 0 Å². The van der Waals surface area contributed by atoms with E-state index in [1.54, 1.807) is 0 Å². The molecule has 0 aliphatic rings. The van der Waals surface area contributed by atoms with Crippen molar-refractivity contribution in [1.82, 2.24) is 9.97 Å². The van der Waals surface area contributed by atoms with Crippen LogP contribution in [-0.4, -0.2) is 15.9 Å². The number of hydrogen-bond acceptors (Lipinski definition) is 4. The lowest BCUT2D eigenvalue weighted by molar-refractivity contribution is 0.102. The highest BCUT2D eigenvalue weighted by Gasteiger charge is 2.09. The maximum atomic E-state index is 12.2. The SMILES string of the molecule is Cc1cccc(NC(=O)c2cnc(Nc3ccc(C)c(Cl)c3)cn2)c1. The number of rotatable bonds is 4. The number of amides is 1. The fourth-order valence-electron chi connectivity index (χ4n) is 2.25. The lowest BCUT2D eigenvalue weighted by atomic mass is 10.2. The number of carbonyl (C=O) groups is 1. The summed E-state index contributed by atoms with van der Waals surface area (Å²) in [7, 11) is 0. The molecule has 0 saturated carbocycles. The van der Waals surface area contributed by atoms with Gasteiger partial charge in [-0.2, -0.15) is 0 Å². The highest BCUT2D eigenvalue weighted by molar-refractivity contribution is 6.31. The minimum absolute atomic E-state index is 0.244. The highest BCUT2D eigenvalue weighted by Crippen LogP contribution is 2.22. The molecule has 0 unspecified atom stereocenters. The highest BCUT2D eigenvalue weighted by atomic mass is 35.5. The third kappa shape index (κ3) is 4.33. The summed E-state index contributed by atoms with van der Waals surface area (Å²) < 4.78 is 0. The Balaban J connectivity index is 1.69. The van der Waals surface area contributed by atoms with E-state index in [1.165, 1.54) is 12.4 Å². The van der Waals surface area contributed by atoms with Crippen molar-refractivity contribution in [1.29, 1.82) is 0 Å². The van der Waals surface area contributed by atoms with E-state index in [2.05, 4.69) is 20.6 Å². The van der Waals surface area contributed by atoms with Gasteiger partial charge in [0.05, 0.1) is 12.4 Å². The molecule has 0 bridgehead atoms. The van der Waals surface area contributed by atoms with Crippen molar-refractivity contribution in [2.24, 2.45) is 0 Å². The van der Waals surface area contributed by atoms with Crippen LogP contribution in [0.3, 0.4) is 0 Å². The Morgan fingerprint density at radius 3 is 2.52 bits per heavy atom. The van der Waals surface area contributed by atoms with E-state index in [9.17, 15) is 4.79 Å². The predicted octanol–water partition coefficient (Wildman–Crippen LogP) is 4.74. The number of anilines is 3. The van der Waals surface area contributed by atoms with Crippen molar-refractivity contribution in [3.05, 3.63) is 76.7 Å². The summed E-state index contributed by atoms with van der Waals surface area (Å²) >= 11 is 6.11. The van der Waals surface area contributed by atoms with E-state index < -0.39 is 0 Å². The minimum Gasteiger partial charge on any atom is -0.339 e. The van der Waals surface area contributed by atoms with Gasteiger partial charge in [-0.05, 0) is 49.2 Å². The third-order valence-corrected chi connectivity index (χ3v) is 4.01. The van der Waals surface area contributed by atoms with Gasteiger partial charge in [0.2, 0.25) is 0 Å². The summed E-state index contributed by atoms with van der Waals surface area (Å²) in [6.07, 6.45) is 2.95. The molecular formula is C19H17ClN4O. The maximum Gasteiger partial charge on any atom is 0.275 e. The number of hydrogen-bond donors (Lipinski definition) is 2. The molecule has 0 saturated heterocycles. The average Bonchev–Trinajstić information content (AvgIpc) is 2.59. The molecule has 1 heterocycles. The largest absolute Gasteiger partial charge is 0.339 e. The van der Waals surface area contributed by atoms with Crippen LogP contribution in [0.5, 0.6) is 0 Å². The fraction of sp³-hybridized carbons (Fsp3) is 0.105. The lowest BCUT2D eigenvalue weighted by Gasteiger charge is -2.08. The zero-order chi connectivity index (χ0) is 17.8. The maximum absolute atomic E-state index is 12.2. The standard InChI is InChI=1S/C19H17ClN4O/c1-12-4-3-5-14(8-12)24-19(25)17-10-22-18(11-21-17)23-15-7-6-13(2)16(20)9-15/h3-11H,1-2H3,(H,22,23)(H,24,25). The van der Waals surface area contributed by atoms with Gasteiger partial charge in [-0.15, -0.1) is 0 Å². The smallest absolute Gasteiger partial charge is 0.275 e. The van der Waals surface area contributed by atoms with E-state index in [-0.39, 0.29) is 11.6 Å². The second-order valence-electron chi connectivity index (χ2n) is 5.70. The second kappa shape index (κ2) is 7.32. The van der Waals surface area contributed by atoms with Crippen molar-refractivity contribution >= 4 is 34.7 Å². The molecule has 2 N–H and O–H groups in total. The molecule has 0 atom stereocenters. The first-order valence-electron chi connectivity index (χ1n) is 7.74. The first-order chi connectivity index (χ1) is 12.0. The van der Waals surface area contributed by atoms with Crippen LogP contribution in [0.4, 0.5) is 17.2 Å². The zero-order valence-electron chi connectivity index (χ0n) is 13.9. The van der Waals surface area contributed by atoms with Gasteiger partial charge in [-0.25, -0.2) is 9.97 Å². The monoisotopic (exact) mass is 352 g/mol. The molecule has 3 rings (SSSR count). The molecule has 0 aliphatic heterocycles. The van der Waals surface area contributed by atoms with Crippen LogP contribution < -0.4 is 10.6 Å². The molecule has 25 heavy (non-hydrogen) atoms. The number of benzene rings is 2. The van der Waals surface area contributed by atoms with Gasteiger partial charge in [-0.1, -0.05) is 29.8 Å². The van der Waals surface area contributed by atoms with Crippen LogP contribution in [0.1, 0.15) is 21.6 Å². The molecule has 0 fully saturated rings. The molecule has 3 aromatic rings. The third-order valence-electron chi connectivity index (χ3n) is 3.60. The van der Waals surface area contributed by atoms with Crippen LogP contribution in [0.2, 0.25) is 5.02 Å². The Kier molecular flexibility index (Phi) is 4.95. The van der Waals surface area contributed by atoms with Crippen molar-refractivity contribution in [2.75, 3.05) is 10.6 Å². The summed E-state index contributed by atoms with van der Waals surface area (Å²) in [5.74, 6) is 0.232. The van der Waals surface area contributed by atoms with E-state index >= 15 is 0 Å². The van der Waals surface area contributed by atoms with E-state index in [0.29, 0.717) is 10.8 Å². The fourth-order valence-corrected chi connectivity index (χ4v) is 2.43. The number of carbonyl (C=O) groups excluding carboxylic acids is 1. The van der Waals surface area contributed by atoms with Gasteiger partial charge in [0, 0.05) is 16.4 Å². The summed E-state index contributed by atoms with van der Waals surface area (Å²) in [4.78, 5) is 20.6. The second-order valence-corrected chi connectivity index (χ2v) is 6.11. The van der Waals surface area contributed by atoms with E-state index in [0.717, 1.165) is 22.5 Å². The topological polar surface area (TPSA) is 66.9 Å². The molecule has 2 aromatic carbocycles.